The van der Waals surface area contributed by atoms with Crippen molar-refractivity contribution in [3.05, 3.63) is 35.9 Å². The Hall–Kier alpha value is -0.860. The van der Waals surface area contributed by atoms with Gasteiger partial charge in [0.2, 0.25) is 0 Å². The molecule has 0 aliphatic carbocycles. The van der Waals surface area contributed by atoms with Gasteiger partial charge in [0.05, 0.1) is 0 Å². The van der Waals surface area contributed by atoms with Gasteiger partial charge in [0.15, 0.2) is 0 Å². The average Bonchev–Trinajstić information content (AvgIpc) is 2.42. The zero-order chi connectivity index (χ0) is 13.0. The second-order valence-electron chi connectivity index (χ2n) is 5.59. The number of rotatable bonds is 4. The third kappa shape index (κ3) is 2.93. The van der Waals surface area contributed by atoms with Crippen LogP contribution in [0.2, 0.25) is 0 Å². The van der Waals surface area contributed by atoms with Gasteiger partial charge >= 0.3 is 0 Å². The quantitative estimate of drug-likeness (QED) is 0.884. The fraction of sp³-hybridized carbons (Fsp3) is 0.625. The van der Waals surface area contributed by atoms with Gasteiger partial charge in [-0.1, -0.05) is 44.2 Å². The molecule has 3 atom stereocenters. The van der Waals surface area contributed by atoms with Gasteiger partial charge in [-0.05, 0) is 37.3 Å². The minimum absolute atomic E-state index is 0.534. The van der Waals surface area contributed by atoms with E-state index in [1.54, 1.807) is 0 Å². The lowest BCUT2D eigenvalue weighted by molar-refractivity contribution is 0.0733. The van der Waals surface area contributed by atoms with Gasteiger partial charge in [-0.3, -0.25) is 4.90 Å². The first-order valence-electron chi connectivity index (χ1n) is 7.27. The van der Waals surface area contributed by atoms with Crippen molar-refractivity contribution in [1.82, 2.24) is 4.90 Å². The van der Waals surface area contributed by atoms with Crippen molar-refractivity contribution >= 4 is 0 Å². The number of nitrogens with two attached hydrogens (primary N) is 1. The average molecular weight is 246 g/mol. The van der Waals surface area contributed by atoms with Crippen LogP contribution < -0.4 is 5.73 Å². The molecule has 0 bridgehead atoms. The van der Waals surface area contributed by atoms with Gasteiger partial charge in [-0.2, -0.15) is 0 Å². The molecule has 1 aromatic rings. The lowest BCUT2D eigenvalue weighted by Crippen LogP contribution is -2.47. The molecule has 1 fully saturated rings. The van der Waals surface area contributed by atoms with Crippen LogP contribution in [-0.2, 0) is 0 Å². The molecule has 1 heterocycles. The monoisotopic (exact) mass is 246 g/mol. The molecule has 0 saturated carbocycles. The molecule has 1 saturated heterocycles. The maximum Gasteiger partial charge on any atom is 0.0348 e. The molecule has 2 nitrogen and oxygen atoms in total. The number of hydrogen-bond donors (Lipinski definition) is 1. The van der Waals surface area contributed by atoms with Crippen LogP contribution >= 0.6 is 0 Å². The smallest absolute Gasteiger partial charge is 0.0348 e. The summed E-state index contributed by atoms with van der Waals surface area (Å²) < 4.78 is 0. The molecule has 1 aromatic carbocycles. The highest BCUT2D eigenvalue weighted by Crippen LogP contribution is 2.32. The van der Waals surface area contributed by atoms with Gasteiger partial charge in [0, 0.05) is 18.6 Å². The maximum absolute atomic E-state index is 5.98. The van der Waals surface area contributed by atoms with E-state index in [0.29, 0.717) is 12.1 Å². The van der Waals surface area contributed by atoms with Crippen LogP contribution in [0.4, 0.5) is 0 Å². The third-order valence-electron chi connectivity index (χ3n) is 4.27. The summed E-state index contributed by atoms with van der Waals surface area (Å²) in [5.41, 5.74) is 7.42. The highest BCUT2D eigenvalue weighted by atomic mass is 15.2. The summed E-state index contributed by atoms with van der Waals surface area (Å²) in [6, 6.07) is 12.0. The largest absolute Gasteiger partial charge is 0.329 e. The van der Waals surface area contributed by atoms with Crippen molar-refractivity contribution in [2.45, 2.75) is 45.2 Å². The summed E-state index contributed by atoms with van der Waals surface area (Å²) in [6.07, 6.45) is 3.72. The summed E-state index contributed by atoms with van der Waals surface area (Å²) in [5, 5.41) is 0. The van der Waals surface area contributed by atoms with Gasteiger partial charge in [0.1, 0.15) is 0 Å². The van der Waals surface area contributed by atoms with E-state index in [0.717, 1.165) is 18.9 Å². The first-order valence-corrected chi connectivity index (χ1v) is 7.27. The number of likely N-dealkylation sites (tertiary alicyclic amines) is 1. The molecule has 0 radical (unpaired) electrons. The molecule has 1 aliphatic heterocycles. The first-order chi connectivity index (χ1) is 8.76. The van der Waals surface area contributed by atoms with E-state index >= 15 is 0 Å². The molecule has 2 rings (SSSR count). The molecule has 1 aliphatic rings. The van der Waals surface area contributed by atoms with Crippen molar-refractivity contribution in [1.29, 1.82) is 0 Å². The van der Waals surface area contributed by atoms with Crippen LogP contribution in [0.15, 0.2) is 30.3 Å². The normalized spacial score (nSPS) is 27.1. The van der Waals surface area contributed by atoms with Crippen LogP contribution in [0.5, 0.6) is 0 Å². The number of nitrogens with zero attached hydrogens (tertiary/aromatic N) is 1. The molecular formula is C16H26N2. The summed E-state index contributed by atoms with van der Waals surface area (Å²) >= 11 is 0. The Labute approximate surface area is 111 Å². The second kappa shape index (κ2) is 6.35. The van der Waals surface area contributed by atoms with Crippen molar-refractivity contribution < 1.29 is 0 Å². The van der Waals surface area contributed by atoms with E-state index < -0.39 is 0 Å². The third-order valence-corrected chi connectivity index (χ3v) is 4.27. The summed E-state index contributed by atoms with van der Waals surface area (Å²) in [4.78, 5) is 2.63. The highest BCUT2D eigenvalue weighted by Gasteiger charge is 2.30. The van der Waals surface area contributed by atoms with E-state index in [4.69, 9.17) is 5.73 Å². The standard InChI is InChI=1S/C16H26N2/c1-3-16(14-7-5-4-6-8-14)18-10-9-13(2)11-15(18)12-17/h4-8,13,15-16H,3,9-12,17H2,1-2H3. The van der Waals surface area contributed by atoms with Crippen molar-refractivity contribution in [3.63, 3.8) is 0 Å². The maximum atomic E-state index is 5.98. The van der Waals surface area contributed by atoms with Crippen LogP contribution in [0.25, 0.3) is 0 Å². The predicted octanol–water partition coefficient (Wildman–Crippen LogP) is 3.20. The molecule has 0 aromatic heterocycles. The Morgan fingerprint density at radius 2 is 2.06 bits per heavy atom. The molecule has 0 amide bonds. The Bertz CT molecular complexity index is 349. The van der Waals surface area contributed by atoms with Crippen molar-refractivity contribution in [2.75, 3.05) is 13.1 Å². The fourth-order valence-electron chi connectivity index (χ4n) is 3.25. The Kier molecular flexibility index (Phi) is 4.79. The number of benzene rings is 1. The van der Waals surface area contributed by atoms with E-state index in [-0.39, 0.29) is 0 Å². The topological polar surface area (TPSA) is 29.3 Å². The highest BCUT2D eigenvalue weighted by molar-refractivity contribution is 5.19. The summed E-state index contributed by atoms with van der Waals surface area (Å²) in [5.74, 6) is 0.822. The van der Waals surface area contributed by atoms with Crippen LogP contribution in [0.1, 0.15) is 44.7 Å². The van der Waals surface area contributed by atoms with E-state index in [1.165, 1.54) is 24.9 Å². The second-order valence-corrected chi connectivity index (χ2v) is 5.59. The summed E-state index contributed by atoms with van der Waals surface area (Å²) in [6.45, 7) is 6.61. The fourth-order valence-corrected chi connectivity index (χ4v) is 3.25. The van der Waals surface area contributed by atoms with Crippen LogP contribution in [0, 0.1) is 5.92 Å². The molecule has 3 unspecified atom stereocenters. The zero-order valence-corrected chi connectivity index (χ0v) is 11.7. The van der Waals surface area contributed by atoms with E-state index in [1.807, 2.05) is 0 Å². The number of piperidine rings is 1. The lowest BCUT2D eigenvalue weighted by atomic mass is 9.89. The predicted molar refractivity (Wildman–Crippen MR) is 77.4 cm³/mol. The molecule has 18 heavy (non-hydrogen) atoms. The van der Waals surface area contributed by atoms with Crippen molar-refractivity contribution in [2.24, 2.45) is 11.7 Å². The van der Waals surface area contributed by atoms with Gasteiger partial charge in [0.25, 0.3) is 0 Å². The SMILES string of the molecule is CCC(c1ccccc1)N1CCC(C)CC1CN. The Morgan fingerprint density at radius 1 is 1.33 bits per heavy atom. The molecule has 0 spiro atoms. The first kappa shape index (κ1) is 13.6. The van der Waals surface area contributed by atoms with Gasteiger partial charge in [-0.25, -0.2) is 0 Å². The summed E-state index contributed by atoms with van der Waals surface area (Å²) in [7, 11) is 0. The molecule has 100 valence electrons. The van der Waals surface area contributed by atoms with E-state index in [2.05, 4.69) is 49.1 Å². The Balaban J connectivity index is 2.16. The molecule has 2 heteroatoms. The number of hydrogen-bond acceptors (Lipinski definition) is 2. The molecular weight excluding hydrogens is 220 g/mol. The van der Waals surface area contributed by atoms with E-state index in [9.17, 15) is 0 Å². The van der Waals surface area contributed by atoms with Crippen molar-refractivity contribution in [3.8, 4) is 0 Å². The van der Waals surface area contributed by atoms with Crippen LogP contribution in [0.3, 0.4) is 0 Å². The minimum Gasteiger partial charge on any atom is -0.329 e. The Morgan fingerprint density at radius 3 is 2.67 bits per heavy atom. The van der Waals surface area contributed by atoms with Crippen LogP contribution in [-0.4, -0.2) is 24.0 Å². The lowest BCUT2D eigenvalue weighted by Gasteiger charge is -2.43. The van der Waals surface area contributed by atoms with Gasteiger partial charge < -0.3 is 5.73 Å². The zero-order valence-electron chi connectivity index (χ0n) is 11.7. The van der Waals surface area contributed by atoms with Gasteiger partial charge in [-0.15, -0.1) is 0 Å². The minimum atomic E-state index is 0.534. The molecule has 2 N–H and O–H groups in total.